The van der Waals surface area contributed by atoms with Gasteiger partial charge in [-0.3, -0.25) is 0 Å². The Labute approximate surface area is 128 Å². The van der Waals surface area contributed by atoms with Crippen molar-refractivity contribution in [3.63, 3.8) is 0 Å². The molecule has 2 aromatic rings. The predicted octanol–water partition coefficient (Wildman–Crippen LogP) is -2.26. The Morgan fingerprint density at radius 3 is 1.72 bits per heavy atom. The molecular formula is C15H11Br2N-2. The Balaban J connectivity index is 0.00000144. The monoisotopic (exact) mass is 363 g/mol. The smallest absolute Gasteiger partial charge is 0.0991 e. The van der Waals surface area contributed by atoms with Crippen molar-refractivity contribution < 1.29 is 34.0 Å². The molecule has 0 aromatic heterocycles. The molecule has 0 heterocycles. The lowest BCUT2D eigenvalue weighted by molar-refractivity contribution is -0.00100. The predicted molar refractivity (Wildman–Crippen MR) is 66.5 cm³/mol. The zero-order chi connectivity index (χ0) is 11.2. The lowest BCUT2D eigenvalue weighted by Crippen LogP contribution is -3.00. The summed E-state index contributed by atoms with van der Waals surface area (Å²) >= 11 is 0. The Morgan fingerprint density at radius 1 is 0.722 bits per heavy atom. The van der Waals surface area contributed by atoms with Crippen molar-refractivity contribution in [3.8, 4) is 6.07 Å². The third kappa shape index (κ3) is 4.87. The van der Waals surface area contributed by atoms with Crippen molar-refractivity contribution in [2.75, 3.05) is 0 Å². The van der Waals surface area contributed by atoms with Gasteiger partial charge in [-0.1, -0.05) is 54.6 Å². The van der Waals surface area contributed by atoms with Crippen molar-refractivity contribution >= 4 is 12.2 Å². The number of nitrogens with zero attached hydrogens (tertiary/aromatic N) is 1. The van der Waals surface area contributed by atoms with Gasteiger partial charge in [-0.2, -0.15) is 5.26 Å². The van der Waals surface area contributed by atoms with Crippen LogP contribution in [0.5, 0.6) is 0 Å². The Hall–Kier alpha value is -1.37. The van der Waals surface area contributed by atoms with Crippen LogP contribution in [0.1, 0.15) is 16.7 Å². The van der Waals surface area contributed by atoms with Gasteiger partial charge in [0, 0.05) is 0 Å². The van der Waals surface area contributed by atoms with Gasteiger partial charge >= 0.3 is 0 Å². The fourth-order valence-corrected chi connectivity index (χ4v) is 1.43. The maximum atomic E-state index is 8.67. The second-order valence-corrected chi connectivity index (χ2v) is 3.48. The molecule has 0 unspecified atom stereocenters. The van der Waals surface area contributed by atoms with E-state index in [1.54, 1.807) is 0 Å². The van der Waals surface area contributed by atoms with Crippen LogP contribution in [-0.2, 0) is 0 Å². The Morgan fingerprint density at radius 2 is 1.22 bits per heavy atom. The molecule has 0 bridgehead atoms. The molecule has 0 atom stereocenters. The summed E-state index contributed by atoms with van der Waals surface area (Å²) in [5.41, 5.74) is 2.96. The summed E-state index contributed by atoms with van der Waals surface area (Å²) in [4.78, 5) is 0. The van der Waals surface area contributed by atoms with Gasteiger partial charge in [-0.25, -0.2) is 0 Å². The molecule has 2 rings (SSSR count). The average molecular weight is 365 g/mol. The van der Waals surface area contributed by atoms with Gasteiger partial charge in [0.1, 0.15) is 0 Å². The van der Waals surface area contributed by atoms with Crippen molar-refractivity contribution in [2.45, 2.75) is 0 Å². The summed E-state index contributed by atoms with van der Waals surface area (Å²) in [6.45, 7) is 0. The van der Waals surface area contributed by atoms with E-state index in [1.165, 1.54) is 5.56 Å². The van der Waals surface area contributed by atoms with Crippen LogP contribution in [0, 0.1) is 11.3 Å². The highest BCUT2D eigenvalue weighted by molar-refractivity contribution is 5.69. The largest absolute Gasteiger partial charge is 1.00 e. The topological polar surface area (TPSA) is 23.8 Å². The fraction of sp³-hybridized carbons (Fsp3) is 0. The highest BCUT2D eigenvalue weighted by Crippen LogP contribution is 2.09. The summed E-state index contributed by atoms with van der Waals surface area (Å²) in [7, 11) is 0. The second kappa shape index (κ2) is 8.68. The molecule has 92 valence electrons. The average Bonchev–Trinajstić information content (AvgIpc) is 2.38. The maximum absolute atomic E-state index is 8.67. The van der Waals surface area contributed by atoms with Gasteiger partial charge in [-0.05, 0) is 23.3 Å². The second-order valence-electron chi connectivity index (χ2n) is 3.48. The van der Waals surface area contributed by atoms with Crippen LogP contribution in [0.2, 0.25) is 0 Å². The first kappa shape index (κ1) is 16.6. The first-order valence-corrected chi connectivity index (χ1v) is 5.12. The molecule has 3 heteroatoms. The van der Waals surface area contributed by atoms with Crippen LogP contribution >= 0.6 is 0 Å². The van der Waals surface area contributed by atoms with Crippen molar-refractivity contribution in [3.05, 3.63) is 71.3 Å². The van der Waals surface area contributed by atoms with Crippen LogP contribution in [0.4, 0.5) is 0 Å². The summed E-state index contributed by atoms with van der Waals surface area (Å²) in [6, 6.07) is 19.8. The number of hydrogen-bond donors (Lipinski definition) is 0. The molecule has 0 fully saturated rings. The Bertz CT molecular complexity index is 525. The third-order valence-corrected chi connectivity index (χ3v) is 2.31. The molecule has 0 N–H and O–H groups in total. The molecule has 1 nitrogen and oxygen atoms in total. The zero-order valence-corrected chi connectivity index (χ0v) is 12.7. The van der Waals surface area contributed by atoms with E-state index in [9.17, 15) is 0 Å². The van der Waals surface area contributed by atoms with E-state index in [1.807, 2.05) is 48.5 Å². The first-order valence-electron chi connectivity index (χ1n) is 5.12. The number of hydrogen-bond acceptors (Lipinski definition) is 1. The van der Waals surface area contributed by atoms with E-state index in [4.69, 9.17) is 5.26 Å². The van der Waals surface area contributed by atoms with Gasteiger partial charge in [0.05, 0.1) is 11.6 Å². The molecule has 18 heavy (non-hydrogen) atoms. The number of halogens is 2. The summed E-state index contributed by atoms with van der Waals surface area (Å²) in [6.07, 6.45) is 4.10. The number of benzene rings is 2. The van der Waals surface area contributed by atoms with Crippen molar-refractivity contribution in [1.29, 1.82) is 5.26 Å². The first-order chi connectivity index (χ1) is 7.88. The molecule has 0 amide bonds. The van der Waals surface area contributed by atoms with E-state index in [-0.39, 0.29) is 34.0 Å². The van der Waals surface area contributed by atoms with Crippen LogP contribution < -0.4 is 34.0 Å². The lowest BCUT2D eigenvalue weighted by Gasteiger charge is -1.94. The maximum Gasteiger partial charge on any atom is 0.0991 e. The van der Waals surface area contributed by atoms with Gasteiger partial charge in [0.25, 0.3) is 0 Å². The van der Waals surface area contributed by atoms with E-state index in [0.29, 0.717) is 5.56 Å². The molecule has 0 saturated heterocycles. The number of rotatable bonds is 2. The van der Waals surface area contributed by atoms with E-state index in [2.05, 4.69) is 24.3 Å². The molecule has 0 spiro atoms. The van der Waals surface area contributed by atoms with E-state index >= 15 is 0 Å². The standard InChI is InChI=1S/C15H11N.2BrH/c16-12-15-10-8-14(9-11-15)7-6-13-4-2-1-3-5-13;;/h1-11H;2*1H/p-2. The van der Waals surface area contributed by atoms with Crippen LogP contribution in [0.15, 0.2) is 54.6 Å². The van der Waals surface area contributed by atoms with E-state index in [0.717, 1.165) is 5.56 Å². The summed E-state index contributed by atoms with van der Waals surface area (Å²) in [5, 5.41) is 8.67. The molecule has 2 aromatic carbocycles. The van der Waals surface area contributed by atoms with Gasteiger partial charge in [0.2, 0.25) is 0 Å². The quantitative estimate of drug-likeness (QED) is 0.552. The summed E-state index contributed by atoms with van der Waals surface area (Å²) in [5.74, 6) is 0. The molecule has 0 aliphatic rings. The highest BCUT2D eigenvalue weighted by atomic mass is 79.9. The molecule has 0 saturated carbocycles. The van der Waals surface area contributed by atoms with Crippen molar-refractivity contribution in [2.24, 2.45) is 0 Å². The molecule has 0 aliphatic heterocycles. The summed E-state index contributed by atoms with van der Waals surface area (Å²) < 4.78 is 0. The lowest BCUT2D eigenvalue weighted by atomic mass is 10.1. The molecule has 0 radical (unpaired) electrons. The molecule has 0 aliphatic carbocycles. The SMILES string of the molecule is N#Cc1ccc(C=Cc2ccccc2)cc1.[Br-].[Br-]. The van der Waals surface area contributed by atoms with Crippen LogP contribution in [0.3, 0.4) is 0 Å². The van der Waals surface area contributed by atoms with Crippen molar-refractivity contribution in [1.82, 2.24) is 0 Å². The third-order valence-electron chi connectivity index (χ3n) is 2.31. The number of nitriles is 1. The fourth-order valence-electron chi connectivity index (χ4n) is 1.43. The van der Waals surface area contributed by atoms with Gasteiger partial charge in [0.15, 0.2) is 0 Å². The van der Waals surface area contributed by atoms with Crippen LogP contribution in [-0.4, -0.2) is 0 Å². The van der Waals surface area contributed by atoms with Gasteiger partial charge in [-0.15, -0.1) is 0 Å². The van der Waals surface area contributed by atoms with Crippen LogP contribution in [0.25, 0.3) is 12.2 Å². The van der Waals surface area contributed by atoms with Gasteiger partial charge < -0.3 is 34.0 Å². The highest BCUT2D eigenvalue weighted by Gasteiger charge is 1.89. The minimum absolute atomic E-state index is 0. The Kier molecular flexibility index (Phi) is 8.02. The zero-order valence-electron chi connectivity index (χ0n) is 9.55. The minimum Gasteiger partial charge on any atom is -1.00 e. The normalized spacial score (nSPS) is 9.06. The molecular weight excluding hydrogens is 354 g/mol. The minimum atomic E-state index is 0. The van der Waals surface area contributed by atoms with E-state index < -0.39 is 0 Å².